The third kappa shape index (κ3) is 44.5. The summed E-state index contributed by atoms with van der Waals surface area (Å²) in [7, 11) is 0. The molecule has 0 rings (SSSR count). The summed E-state index contributed by atoms with van der Waals surface area (Å²) in [5, 5.41) is 0. The Bertz CT molecular complexity index is 1350. The van der Waals surface area contributed by atoms with Crippen LogP contribution in [0, 0.1) is 0 Å². The third-order valence-corrected chi connectivity index (χ3v) is 8.76. The molecule has 0 bridgehead atoms. The lowest BCUT2D eigenvalue weighted by Crippen LogP contribution is -2.30. The number of carbonyl (C=O) groups is 3. The molecule has 0 heterocycles. The maximum Gasteiger partial charge on any atom is 0.309 e. The zero-order chi connectivity index (χ0) is 43.0. The molecule has 0 fully saturated rings. The molecule has 59 heavy (non-hydrogen) atoms. The maximum absolute atomic E-state index is 12.7. The first-order valence-corrected chi connectivity index (χ1v) is 22.7. The SMILES string of the molecule is CC\C=C/C=C\C=C/C=C\CCCCCC(=O)OC(COC(=O)C/C=C\C/C=C\C/C=C\CC)COC(=O)CCCCCCCC/C=C\C/C=C\C/C=C\C/C=C\CC. The Kier molecular flexibility index (Phi) is 42.8. The number of carbonyl (C=O) groups excluding carboxylic acids is 3. The summed E-state index contributed by atoms with van der Waals surface area (Å²) in [6, 6.07) is 0. The van der Waals surface area contributed by atoms with Crippen molar-refractivity contribution in [2.75, 3.05) is 13.2 Å². The zero-order valence-electron chi connectivity index (χ0n) is 37.2. The van der Waals surface area contributed by atoms with Gasteiger partial charge in [0.05, 0.1) is 6.42 Å². The lowest BCUT2D eigenvalue weighted by Gasteiger charge is -2.18. The monoisotopic (exact) mass is 813 g/mol. The van der Waals surface area contributed by atoms with Crippen molar-refractivity contribution in [2.45, 2.75) is 168 Å². The van der Waals surface area contributed by atoms with Crippen LogP contribution in [-0.4, -0.2) is 37.2 Å². The molecule has 1 atom stereocenters. The van der Waals surface area contributed by atoms with Gasteiger partial charge in [-0.05, 0) is 89.9 Å². The minimum atomic E-state index is -0.843. The van der Waals surface area contributed by atoms with Gasteiger partial charge < -0.3 is 14.2 Å². The number of esters is 3. The normalized spacial score (nSPS) is 13.3. The van der Waals surface area contributed by atoms with Crippen LogP contribution in [0.5, 0.6) is 0 Å². The van der Waals surface area contributed by atoms with E-state index < -0.39 is 12.1 Å². The van der Waals surface area contributed by atoms with Crippen LogP contribution in [0.15, 0.2) is 134 Å². The fraction of sp³-hybridized carbons (Fsp3) is 0.528. The number of ether oxygens (including phenoxy) is 3. The summed E-state index contributed by atoms with van der Waals surface area (Å²) in [5.74, 6) is -1.13. The molecule has 6 nitrogen and oxygen atoms in total. The third-order valence-electron chi connectivity index (χ3n) is 8.76. The van der Waals surface area contributed by atoms with Gasteiger partial charge in [-0.3, -0.25) is 14.4 Å². The van der Waals surface area contributed by atoms with Gasteiger partial charge >= 0.3 is 17.9 Å². The van der Waals surface area contributed by atoms with Crippen LogP contribution < -0.4 is 0 Å². The number of hydrogen-bond acceptors (Lipinski definition) is 6. The van der Waals surface area contributed by atoms with Gasteiger partial charge in [0.1, 0.15) is 13.2 Å². The molecular formula is C53H80O6. The first kappa shape index (κ1) is 54.6. The van der Waals surface area contributed by atoms with Crippen molar-refractivity contribution in [2.24, 2.45) is 0 Å². The van der Waals surface area contributed by atoms with E-state index in [0.717, 1.165) is 103 Å². The predicted octanol–water partition coefficient (Wildman–Crippen LogP) is 14.7. The van der Waals surface area contributed by atoms with Gasteiger partial charge in [0.2, 0.25) is 0 Å². The Morgan fingerprint density at radius 3 is 1.32 bits per heavy atom. The average Bonchev–Trinajstić information content (AvgIpc) is 3.23. The summed E-state index contributed by atoms with van der Waals surface area (Å²) in [6.07, 6.45) is 64.7. The van der Waals surface area contributed by atoms with Crippen molar-refractivity contribution in [1.29, 1.82) is 0 Å². The largest absolute Gasteiger partial charge is 0.462 e. The van der Waals surface area contributed by atoms with Crippen molar-refractivity contribution in [3.63, 3.8) is 0 Å². The summed E-state index contributed by atoms with van der Waals surface area (Å²) in [4.78, 5) is 37.6. The van der Waals surface area contributed by atoms with E-state index in [1.165, 1.54) is 12.8 Å². The molecule has 0 spiro atoms. The van der Waals surface area contributed by atoms with E-state index in [9.17, 15) is 14.4 Å². The van der Waals surface area contributed by atoms with Gasteiger partial charge in [0.15, 0.2) is 6.10 Å². The van der Waals surface area contributed by atoms with Crippen molar-refractivity contribution < 1.29 is 28.6 Å². The van der Waals surface area contributed by atoms with E-state index in [1.54, 1.807) is 6.08 Å². The van der Waals surface area contributed by atoms with Gasteiger partial charge in [-0.15, -0.1) is 0 Å². The molecule has 0 aliphatic rings. The number of hydrogen-bond donors (Lipinski definition) is 0. The highest BCUT2D eigenvalue weighted by molar-refractivity contribution is 5.72. The average molecular weight is 813 g/mol. The second-order valence-electron chi connectivity index (χ2n) is 14.3. The molecule has 1 unspecified atom stereocenters. The molecule has 0 aromatic carbocycles. The topological polar surface area (TPSA) is 78.9 Å². The van der Waals surface area contributed by atoms with Crippen molar-refractivity contribution in [3.8, 4) is 0 Å². The van der Waals surface area contributed by atoms with E-state index in [0.29, 0.717) is 12.8 Å². The Balaban J connectivity index is 4.50. The first-order valence-electron chi connectivity index (χ1n) is 22.7. The Labute approximate surface area is 360 Å². The molecule has 0 amide bonds. The van der Waals surface area contributed by atoms with Crippen molar-refractivity contribution in [3.05, 3.63) is 134 Å². The second-order valence-corrected chi connectivity index (χ2v) is 14.3. The Hall–Kier alpha value is -4.45. The van der Waals surface area contributed by atoms with Crippen LogP contribution >= 0.6 is 0 Å². The summed E-state index contributed by atoms with van der Waals surface area (Å²) >= 11 is 0. The number of allylic oxidation sites excluding steroid dienone is 21. The van der Waals surface area contributed by atoms with Gasteiger partial charge in [-0.25, -0.2) is 0 Å². The highest BCUT2D eigenvalue weighted by Gasteiger charge is 2.19. The van der Waals surface area contributed by atoms with Crippen molar-refractivity contribution in [1.82, 2.24) is 0 Å². The van der Waals surface area contributed by atoms with E-state index in [1.807, 2.05) is 42.5 Å². The van der Waals surface area contributed by atoms with E-state index in [4.69, 9.17) is 14.2 Å². The van der Waals surface area contributed by atoms with Crippen LogP contribution in [0.2, 0.25) is 0 Å². The fourth-order valence-corrected chi connectivity index (χ4v) is 5.44. The smallest absolute Gasteiger partial charge is 0.309 e. The highest BCUT2D eigenvalue weighted by Crippen LogP contribution is 2.11. The Morgan fingerprint density at radius 1 is 0.373 bits per heavy atom. The second kappa shape index (κ2) is 46.2. The minimum absolute atomic E-state index is 0.117. The number of rotatable bonds is 38. The van der Waals surface area contributed by atoms with E-state index in [2.05, 4.69) is 106 Å². The van der Waals surface area contributed by atoms with E-state index in [-0.39, 0.29) is 38.0 Å². The van der Waals surface area contributed by atoms with Crippen LogP contribution in [0.1, 0.15) is 162 Å². The van der Waals surface area contributed by atoms with Crippen LogP contribution in [0.25, 0.3) is 0 Å². The summed E-state index contributed by atoms with van der Waals surface area (Å²) in [5.41, 5.74) is 0. The predicted molar refractivity (Wildman–Crippen MR) is 251 cm³/mol. The summed E-state index contributed by atoms with van der Waals surface area (Å²) in [6.45, 7) is 6.08. The quantitative estimate of drug-likeness (QED) is 0.0203. The highest BCUT2D eigenvalue weighted by atomic mass is 16.6. The molecule has 6 heteroatoms. The first-order chi connectivity index (χ1) is 29.0. The standard InChI is InChI=1S/C53H80O6/c1-4-7-10-13-16-19-21-23-24-25-26-27-28-30-31-34-37-40-43-46-52(55)58-49-50(48-57-51(54)45-42-39-36-33-18-15-12-9-6-3)59-53(56)47-44-41-38-35-32-29-22-20-17-14-11-8-5-2/h7-12,14,16-20,22-24,26-27,29,32-33,39,42,50H,4-6,13,15,21,25,28,30-31,34-38,40-41,43-49H2,1-3H3/b10-7-,11-8-,12-9-,17-14-,19-16-,22-20-,24-23-,27-26-,32-29-,33-18-,42-39-. The summed E-state index contributed by atoms with van der Waals surface area (Å²) < 4.78 is 16.5. The van der Waals surface area contributed by atoms with Crippen LogP contribution in [0.3, 0.4) is 0 Å². The molecule has 0 N–H and O–H groups in total. The molecule has 0 radical (unpaired) electrons. The molecule has 0 saturated carbocycles. The van der Waals surface area contributed by atoms with Gasteiger partial charge in [-0.2, -0.15) is 0 Å². The molecular weight excluding hydrogens is 733 g/mol. The van der Waals surface area contributed by atoms with Crippen LogP contribution in [-0.2, 0) is 28.6 Å². The lowest BCUT2D eigenvalue weighted by atomic mass is 10.1. The lowest BCUT2D eigenvalue weighted by molar-refractivity contribution is -0.166. The van der Waals surface area contributed by atoms with Gasteiger partial charge in [0.25, 0.3) is 0 Å². The molecule has 0 aliphatic heterocycles. The molecule has 0 saturated heterocycles. The van der Waals surface area contributed by atoms with Gasteiger partial charge in [-0.1, -0.05) is 187 Å². The minimum Gasteiger partial charge on any atom is -0.462 e. The van der Waals surface area contributed by atoms with Crippen LogP contribution in [0.4, 0.5) is 0 Å². The fourth-order valence-electron chi connectivity index (χ4n) is 5.44. The molecule has 0 aromatic heterocycles. The zero-order valence-corrected chi connectivity index (χ0v) is 37.2. The van der Waals surface area contributed by atoms with Gasteiger partial charge in [0, 0.05) is 12.8 Å². The molecule has 0 aliphatic carbocycles. The van der Waals surface area contributed by atoms with E-state index >= 15 is 0 Å². The van der Waals surface area contributed by atoms with Crippen molar-refractivity contribution >= 4 is 17.9 Å². The molecule has 0 aromatic rings. The number of unbranched alkanes of at least 4 members (excludes halogenated alkanes) is 9. The maximum atomic E-state index is 12.7. The molecule has 328 valence electrons. The Morgan fingerprint density at radius 2 is 0.763 bits per heavy atom.